The van der Waals surface area contributed by atoms with Crippen molar-refractivity contribution in [2.24, 2.45) is 0 Å². The minimum atomic E-state index is -0.654. The number of halogens is 1. The second-order valence-electron chi connectivity index (χ2n) is 4.52. The first-order valence-electron chi connectivity index (χ1n) is 5.92. The van der Waals surface area contributed by atoms with Crippen LogP contribution < -0.4 is 0 Å². The smallest absolute Gasteiger partial charge is 0.123 e. The van der Waals surface area contributed by atoms with Crippen LogP contribution in [0.5, 0.6) is 0 Å². The third kappa shape index (κ3) is 2.93. The van der Waals surface area contributed by atoms with E-state index in [0.717, 1.165) is 22.4 Å². The van der Waals surface area contributed by atoms with Gasteiger partial charge < -0.3 is 5.11 Å². The van der Waals surface area contributed by atoms with E-state index in [9.17, 15) is 9.50 Å². The lowest BCUT2D eigenvalue weighted by molar-refractivity contribution is 0.177. The summed E-state index contributed by atoms with van der Waals surface area (Å²) < 4.78 is 13.2. The molecule has 1 aromatic heterocycles. The minimum absolute atomic E-state index is 0.273. The zero-order valence-electron chi connectivity index (χ0n) is 10.5. The number of hydrogen-bond donors (Lipinski definition) is 1. The highest BCUT2D eigenvalue weighted by Crippen LogP contribution is 2.20. The summed E-state index contributed by atoms with van der Waals surface area (Å²) >= 11 is 0. The molecule has 2 rings (SSSR count). The molecular formula is C15H16FNO. The van der Waals surface area contributed by atoms with Crippen LogP contribution >= 0.6 is 0 Å². The van der Waals surface area contributed by atoms with Gasteiger partial charge in [-0.25, -0.2) is 4.39 Å². The molecule has 1 atom stereocenters. The Kier molecular flexibility index (Phi) is 3.72. The molecule has 0 saturated heterocycles. The van der Waals surface area contributed by atoms with E-state index in [-0.39, 0.29) is 5.82 Å². The van der Waals surface area contributed by atoms with Gasteiger partial charge >= 0.3 is 0 Å². The van der Waals surface area contributed by atoms with Crippen molar-refractivity contribution >= 4 is 0 Å². The maximum absolute atomic E-state index is 13.2. The van der Waals surface area contributed by atoms with Gasteiger partial charge in [-0.1, -0.05) is 12.1 Å². The number of aromatic nitrogens is 1. The lowest BCUT2D eigenvalue weighted by Gasteiger charge is -2.13. The Balaban J connectivity index is 2.18. The van der Waals surface area contributed by atoms with Gasteiger partial charge in [0, 0.05) is 18.3 Å². The van der Waals surface area contributed by atoms with Crippen LogP contribution in [0, 0.1) is 19.7 Å². The van der Waals surface area contributed by atoms with Crippen LogP contribution in [0.1, 0.15) is 28.5 Å². The predicted molar refractivity (Wildman–Crippen MR) is 68.8 cm³/mol. The van der Waals surface area contributed by atoms with Gasteiger partial charge in [0.1, 0.15) is 5.82 Å². The first-order valence-corrected chi connectivity index (χ1v) is 5.92. The molecule has 1 N–H and O–H groups in total. The van der Waals surface area contributed by atoms with Crippen LogP contribution in [-0.2, 0) is 6.42 Å². The molecule has 1 aromatic carbocycles. The van der Waals surface area contributed by atoms with Crippen molar-refractivity contribution in [2.45, 2.75) is 26.4 Å². The number of hydrogen-bond acceptors (Lipinski definition) is 2. The standard InChI is InChI=1S/C15H16FNO/c1-10-3-6-14(16)7-13(10)8-15(18)12-5-4-11(2)17-9-12/h3-7,9,15,18H,8H2,1-2H3. The maximum atomic E-state index is 13.2. The number of aliphatic hydroxyl groups excluding tert-OH is 1. The molecular weight excluding hydrogens is 229 g/mol. The van der Waals surface area contributed by atoms with Crippen LogP contribution in [0.3, 0.4) is 0 Å². The molecule has 0 aliphatic heterocycles. The minimum Gasteiger partial charge on any atom is -0.388 e. The number of aliphatic hydroxyl groups is 1. The summed E-state index contributed by atoms with van der Waals surface area (Å²) in [7, 11) is 0. The van der Waals surface area contributed by atoms with E-state index in [0.29, 0.717) is 6.42 Å². The second-order valence-corrected chi connectivity index (χ2v) is 4.52. The monoisotopic (exact) mass is 245 g/mol. The van der Waals surface area contributed by atoms with Crippen LogP contribution in [-0.4, -0.2) is 10.1 Å². The first-order chi connectivity index (χ1) is 8.56. The number of pyridine rings is 1. The van der Waals surface area contributed by atoms with Crippen molar-refractivity contribution in [3.05, 3.63) is 64.7 Å². The highest BCUT2D eigenvalue weighted by atomic mass is 19.1. The molecule has 0 amide bonds. The number of benzene rings is 1. The predicted octanol–water partition coefficient (Wildman–Crippen LogP) is 3.11. The molecule has 0 aliphatic rings. The van der Waals surface area contributed by atoms with E-state index in [2.05, 4.69) is 4.98 Å². The van der Waals surface area contributed by atoms with Gasteiger partial charge in [-0.05, 0) is 48.7 Å². The lowest BCUT2D eigenvalue weighted by atomic mass is 9.99. The fourth-order valence-corrected chi connectivity index (χ4v) is 1.86. The molecule has 2 aromatic rings. The van der Waals surface area contributed by atoms with Crippen molar-refractivity contribution in [3.8, 4) is 0 Å². The van der Waals surface area contributed by atoms with Crippen molar-refractivity contribution in [1.29, 1.82) is 0 Å². The molecule has 0 bridgehead atoms. The van der Waals surface area contributed by atoms with Crippen LogP contribution in [0.4, 0.5) is 4.39 Å². The van der Waals surface area contributed by atoms with E-state index in [4.69, 9.17) is 0 Å². The van der Waals surface area contributed by atoms with E-state index >= 15 is 0 Å². The summed E-state index contributed by atoms with van der Waals surface area (Å²) in [5.41, 5.74) is 3.47. The van der Waals surface area contributed by atoms with Crippen molar-refractivity contribution < 1.29 is 9.50 Å². The van der Waals surface area contributed by atoms with Gasteiger partial charge in [0.25, 0.3) is 0 Å². The van der Waals surface area contributed by atoms with Crippen molar-refractivity contribution in [2.75, 3.05) is 0 Å². The topological polar surface area (TPSA) is 33.1 Å². The number of nitrogens with zero attached hydrogens (tertiary/aromatic N) is 1. The SMILES string of the molecule is Cc1ccc(C(O)Cc2cc(F)ccc2C)cn1. The summed E-state index contributed by atoms with van der Waals surface area (Å²) in [4.78, 5) is 4.15. The molecule has 0 radical (unpaired) electrons. The van der Waals surface area contributed by atoms with E-state index in [1.807, 2.05) is 26.0 Å². The van der Waals surface area contributed by atoms with Gasteiger partial charge in [0.2, 0.25) is 0 Å². The van der Waals surface area contributed by atoms with Gasteiger partial charge in [-0.3, -0.25) is 4.98 Å². The van der Waals surface area contributed by atoms with E-state index in [1.54, 1.807) is 12.3 Å². The van der Waals surface area contributed by atoms with Gasteiger partial charge in [0.15, 0.2) is 0 Å². The molecule has 3 heteroatoms. The molecule has 94 valence electrons. The van der Waals surface area contributed by atoms with Crippen LogP contribution in [0.2, 0.25) is 0 Å². The van der Waals surface area contributed by atoms with E-state index < -0.39 is 6.10 Å². The first kappa shape index (κ1) is 12.7. The summed E-state index contributed by atoms with van der Waals surface area (Å²) in [6, 6.07) is 8.34. The lowest BCUT2D eigenvalue weighted by Crippen LogP contribution is -2.04. The van der Waals surface area contributed by atoms with Gasteiger partial charge in [-0.15, -0.1) is 0 Å². The Morgan fingerprint density at radius 1 is 1.22 bits per heavy atom. The Labute approximate surface area is 106 Å². The Morgan fingerprint density at radius 2 is 2.00 bits per heavy atom. The van der Waals surface area contributed by atoms with Crippen LogP contribution in [0.15, 0.2) is 36.5 Å². The highest BCUT2D eigenvalue weighted by Gasteiger charge is 2.11. The number of aryl methyl sites for hydroxylation is 2. The average molecular weight is 245 g/mol. The van der Waals surface area contributed by atoms with E-state index in [1.165, 1.54) is 12.1 Å². The molecule has 0 fully saturated rings. The summed E-state index contributed by atoms with van der Waals surface area (Å²) in [5.74, 6) is -0.273. The molecule has 0 spiro atoms. The largest absolute Gasteiger partial charge is 0.388 e. The molecule has 0 saturated carbocycles. The highest BCUT2D eigenvalue weighted by molar-refractivity contribution is 5.28. The zero-order chi connectivity index (χ0) is 13.1. The fourth-order valence-electron chi connectivity index (χ4n) is 1.86. The van der Waals surface area contributed by atoms with Crippen molar-refractivity contribution in [3.63, 3.8) is 0 Å². The Hall–Kier alpha value is -1.74. The zero-order valence-corrected chi connectivity index (χ0v) is 10.5. The molecule has 1 heterocycles. The Bertz CT molecular complexity index is 537. The second kappa shape index (κ2) is 5.27. The van der Waals surface area contributed by atoms with Crippen molar-refractivity contribution in [1.82, 2.24) is 4.98 Å². The summed E-state index contributed by atoms with van der Waals surface area (Å²) in [6.07, 6.45) is 1.40. The Morgan fingerprint density at radius 3 is 2.67 bits per heavy atom. The summed E-state index contributed by atoms with van der Waals surface area (Å²) in [6.45, 7) is 3.81. The van der Waals surface area contributed by atoms with Crippen LogP contribution in [0.25, 0.3) is 0 Å². The quantitative estimate of drug-likeness (QED) is 0.901. The maximum Gasteiger partial charge on any atom is 0.123 e. The third-order valence-corrected chi connectivity index (χ3v) is 3.04. The molecule has 0 aliphatic carbocycles. The van der Waals surface area contributed by atoms with Gasteiger partial charge in [0.05, 0.1) is 6.10 Å². The normalized spacial score (nSPS) is 12.4. The fraction of sp³-hybridized carbons (Fsp3) is 0.267. The average Bonchev–Trinajstić information content (AvgIpc) is 2.34. The van der Waals surface area contributed by atoms with Gasteiger partial charge in [-0.2, -0.15) is 0 Å². The molecule has 18 heavy (non-hydrogen) atoms. The third-order valence-electron chi connectivity index (χ3n) is 3.04. The molecule has 2 nitrogen and oxygen atoms in total. The summed E-state index contributed by atoms with van der Waals surface area (Å²) in [5, 5.41) is 10.1. The number of rotatable bonds is 3. The molecule has 1 unspecified atom stereocenters.